The molecule has 1 fully saturated rings. The van der Waals surface area contributed by atoms with E-state index >= 15 is 0 Å². The van der Waals surface area contributed by atoms with Crippen molar-refractivity contribution >= 4 is 35.4 Å². The number of imidazole rings is 1. The van der Waals surface area contributed by atoms with Crippen LogP contribution in [0.2, 0.25) is 0 Å². The molecule has 1 aliphatic heterocycles. The molecule has 22 heavy (non-hydrogen) atoms. The molecule has 1 saturated carbocycles. The number of pyridine rings is 1. The van der Waals surface area contributed by atoms with Gasteiger partial charge < -0.3 is 5.11 Å². The zero-order chi connectivity index (χ0) is 15.3. The molecule has 2 aromatic heterocycles. The van der Waals surface area contributed by atoms with Crippen molar-refractivity contribution in [2.45, 2.75) is 23.9 Å². The maximum Gasteiger partial charge on any atom is 0.219 e. The highest BCUT2D eigenvalue weighted by molar-refractivity contribution is 7.98. The van der Waals surface area contributed by atoms with Crippen molar-refractivity contribution < 1.29 is 5.11 Å². The molecular formula is C16H16N4OS. The summed E-state index contributed by atoms with van der Waals surface area (Å²) in [7, 11) is 1.81. The summed E-state index contributed by atoms with van der Waals surface area (Å²) in [6.45, 7) is 0. The van der Waals surface area contributed by atoms with Gasteiger partial charge in [-0.1, -0.05) is 11.8 Å². The van der Waals surface area contributed by atoms with Crippen molar-refractivity contribution in [2.75, 3.05) is 6.26 Å². The van der Waals surface area contributed by atoms with Gasteiger partial charge in [-0.15, -0.1) is 0 Å². The molecule has 6 heteroatoms. The number of nitrogens with zero attached hydrogens (tertiary/aromatic N) is 4. The van der Waals surface area contributed by atoms with Crippen LogP contribution in [0.4, 0.5) is 5.82 Å². The van der Waals surface area contributed by atoms with E-state index in [4.69, 9.17) is 0 Å². The lowest BCUT2D eigenvalue weighted by Gasteiger charge is -2.02. The molecule has 2 aliphatic rings. The summed E-state index contributed by atoms with van der Waals surface area (Å²) in [4.78, 5) is 13.2. The first-order chi connectivity index (χ1) is 10.7. The highest BCUT2D eigenvalue weighted by atomic mass is 32.2. The second-order valence-corrected chi connectivity index (χ2v) is 6.41. The minimum absolute atomic E-state index is 0.171. The molecule has 0 spiro atoms. The fraction of sp³-hybridized carbons (Fsp3) is 0.312. The number of aliphatic imine (C=N–C) groups is 1. The minimum Gasteiger partial charge on any atom is -0.493 e. The topological polar surface area (TPSA) is 63.3 Å². The first-order valence-electron chi connectivity index (χ1n) is 7.23. The lowest BCUT2D eigenvalue weighted by atomic mass is 10.0. The fourth-order valence-corrected chi connectivity index (χ4v) is 3.21. The first kappa shape index (κ1) is 13.6. The number of thioether (sulfide) groups is 1. The molecule has 0 bridgehead atoms. The van der Waals surface area contributed by atoms with E-state index in [1.807, 2.05) is 18.5 Å². The van der Waals surface area contributed by atoms with Crippen molar-refractivity contribution in [1.82, 2.24) is 14.5 Å². The quantitative estimate of drug-likeness (QED) is 0.883. The van der Waals surface area contributed by atoms with Gasteiger partial charge in [-0.2, -0.15) is 0 Å². The standard InChI is InChI=1S/C16H16N4OS/c1-20-15(21)13(19-16(20)22-2)6-11-8-18-14-12(11)5-10(7-17-14)9-3-4-9/h5-9,21H,3-4H2,1-2H3. The molecule has 0 saturated heterocycles. The van der Waals surface area contributed by atoms with Gasteiger partial charge in [0.25, 0.3) is 0 Å². The predicted octanol–water partition coefficient (Wildman–Crippen LogP) is 3.38. The van der Waals surface area contributed by atoms with Gasteiger partial charge in [0.15, 0.2) is 11.0 Å². The smallest absolute Gasteiger partial charge is 0.219 e. The number of rotatable bonds is 3. The molecule has 1 aliphatic carbocycles. The van der Waals surface area contributed by atoms with Crippen LogP contribution in [0.15, 0.2) is 22.4 Å². The molecule has 4 rings (SSSR count). The second-order valence-electron chi connectivity index (χ2n) is 5.64. The van der Waals surface area contributed by atoms with E-state index in [9.17, 15) is 5.11 Å². The van der Waals surface area contributed by atoms with Crippen LogP contribution in [-0.2, 0) is 7.05 Å². The van der Waals surface area contributed by atoms with Gasteiger partial charge in [0.1, 0.15) is 5.69 Å². The number of hydrogen-bond acceptors (Lipinski definition) is 5. The Labute approximate surface area is 132 Å². The molecule has 5 nitrogen and oxygen atoms in total. The largest absolute Gasteiger partial charge is 0.493 e. The van der Waals surface area contributed by atoms with Crippen LogP contribution in [0.25, 0.3) is 11.6 Å². The maximum absolute atomic E-state index is 10.2. The fourth-order valence-electron chi connectivity index (χ4n) is 2.66. The zero-order valence-electron chi connectivity index (χ0n) is 12.4. The van der Waals surface area contributed by atoms with Crippen LogP contribution < -0.4 is 0 Å². The number of aromatic hydroxyl groups is 1. The Morgan fingerprint density at radius 1 is 1.41 bits per heavy atom. The van der Waals surface area contributed by atoms with Crippen LogP contribution >= 0.6 is 11.8 Å². The van der Waals surface area contributed by atoms with Gasteiger partial charge >= 0.3 is 0 Å². The third-order valence-corrected chi connectivity index (χ3v) is 4.83. The third-order valence-electron chi connectivity index (χ3n) is 4.10. The van der Waals surface area contributed by atoms with Crippen molar-refractivity contribution in [1.29, 1.82) is 0 Å². The van der Waals surface area contributed by atoms with Crippen LogP contribution in [0.3, 0.4) is 0 Å². The van der Waals surface area contributed by atoms with E-state index in [2.05, 4.69) is 21.0 Å². The Balaban J connectivity index is 1.76. The molecule has 112 valence electrons. The van der Waals surface area contributed by atoms with Gasteiger partial charge in [-0.05, 0) is 42.7 Å². The predicted molar refractivity (Wildman–Crippen MR) is 88.9 cm³/mol. The normalized spacial score (nSPS) is 18.2. The molecule has 0 aromatic carbocycles. The summed E-state index contributed by atoms with van der Waals surface area (Å²) < 4.78 is 1.68. The lowest BCUT2D eigenvalue weighted by Crippen LogP contribution is -1.88. The average molecular weight is 312 g/mol. The Morgan fingerprint density at radius 3 is 2.91 bits per heavy atom. The number of aromatic nitrogens is 3. The Hall–Kier alpha value is -2.08. The van der Waals surface area contributed by atoms with Gasteiger partial charge in [-0.25, -0.2) is 15.0 Å². The Bertz CT molecular complexity index is 818. The van der Waals surface area contributed by atoms with E-state index in [0.717, 1.165) is 22.1 Å². The minimum atomic E-state index is 0.171. The molecule has 1 N–H and O–H groups in total. The van der Waals surface area contributed by atoms with Gasteiger partial charge in [0, 0.05) is 30.6 Å². The van der Waals surface area contributed by atoms with Crippen molar-refractivity contribution in [3.05, 3.63) is 29.1 Å². The first-order valence-corrected chi connectivity index (χ1v) is 8.45. The molecular weight excluding hydrogens is 296 g/mol. The van der Waals surface area contributed by atoms with Crippen LogP contribution in [-0.4, -0.2) is 32.1 Å². The highest BCUT2D eigenvalue weighted by Gasteiger charge is 2.26. The Morgan fingerprint density at radius 2 is 2.23 bits per heavy atom. The SMILES string of the molecule is CSc1nc(C=C2C=Nc3ncc(C4CC4)cc32)c(O)n1C. The summed E-state index contributed by atoms with van der Waals surface area (Å²) >= 11 is 1.51. The summed E-state index contributed by atoms with van der Waals surface area (Å²) in [5, 5.41) is 11.0. The summed E-state index contributed by atoms with van der Waals surface area (Å²) in [5.41, 5.74) is 3.83. The van der Waals surface area contributed by atoms with E-state index in [1.54, 1.807) is 17.8 Å². The van der Waals surface area contributed by atoms with Crippen LogP contribution in [0, 0.1) is 0 Å². The molecule has 2 aromatic rings. The van der Waals surface area contributed by atoms with E-state index < -0.39 is 0 Å². The van der Waals surface area contributed by atoms with E-state index in [1.165, 1.54) is 30.2 Å². The summed E-state index contributed by atoms with van der Waals surface area (Å²) in [6.07, 6.45) is 10.0. The maximum atomic E-state index is 10.2. The summed E-state index contributed by atoms with van der Waals surface area (Å²) in [5.74, 6) is 1.58. The lowest BCUT2D eigenvalue weighted by molar-refractivity contribution is 0.424. The summed E-state index contributed by atoms with van der Waals surface area (Å²) in [6, 6.07) is 2.17. The average Bonchev–Trinajstić information content (AvgIpc) is 3.26. The van der Waals surface area contributed by atoms with Gasteiger partial charge in [0.2, 0.25) is 5.88 Å². The van der Waals surface area contributed by atoms with E-state index in [-0.39, 0.29) is 5.88 Å². The zero-order valence-corrected chi connectivity index (χ0v) is 13.3. The molecule has 0 radical (unpaired) electrons. The molecule has 3 heterocycles. The molecule has 0 atom stereocenters. The third kappa shape index (κ3) is 2.14. The van der Waals surface area contributed by atoms with Crippen LogP contribution in [0.5, 0.6) is 5.88 Å². The van der Waals surface area contributed by atoms with Crippen molar-refractivity contribution in [3.63, 3.8) is 0 Å². The number of allylic oxidation sites excluding steroid dienone is 1. The van der Waals surface area contributed by atoms with Crippen molar-refractivity contribution in [3.8, 4) is 5.88 Å². The monoisotopic (exact) mass is 312 g/mol. The number of fused-ring (bicyclic) bond motifs is 1. The van der Waals surface area contributed by atoms with E-state index in [0.29, 0.717) is 11.6 Å². The van der Waals surface area contributed by atoms with Crippen LogP contribution in [0.1, 0.15) is 35.6 Å². The van der Waals surface area contributed by atoms with Gasteiger partial charge in [-0.3, -0.25) is 4.57 Å². The second kappa shape index (κ2) is 4.98. The van der Waals surface area contributed by atoms with Gasteiger partial charge in [0.05, 0.1) is 0 Å². The van der Waals surface area contributed by atoms with Crippen molar-refractivity contribution in [2.24, 2.45) is 12.0 Å². The molecule has 0 unspecified atom stereocenters. The number of hydrogen-bond donors (Lipinski definition) is 1. The Kier molecular flexibility index (Phi) is 3.07. The highest BCUT2D eigenvalue weighted by Crippen LogP contribution is 2.42. The molecule has 0 amide bonds.